The van der Waals surface area contributed by atoms with Gasteiger partial charge in [-0.2, -0.15) is 0 Å². The van der Waals surface area contributed by atoms with E-state index >= 15 is 0 Å². The maximum atomic E-state index is 12.4. The van der Waals surface area contributed by atoms with Gasteiger partial charge in [-0.15, -0.1) is 0 Å². The van der Waals surface area contributed by atoms with Crippen molar-refractivity contribution in [2.75, 3.05) is 5.32 Å². The van der Waals surface area contributed by atoms with Gasteiger partial charge >= 0.3 is 0 Å². The number of amides is 1. The monoisotopic (exact) mass is 358 g/mol. The highest BCUT2D eigenvalue weighted by Crippen LogP contribution is 2.17. The Labute approximate surface area is 145 Å². The summed E-state index contributed by atoms with van der Waals surface area (Å²) in [6.45, 7) is -0.281. The van der Waals surface area contributed by atoms with Crippen LogP contribution in [0.15, 0.2) is 53.6 Å². The largest absolute Gasteiger partial charge is 0.324 e. The third-order valence-corrected chi connectivity index (χ3v) is 3.68. The number of carbonyl (C=O) groups is 1. The molecule has 0 saturated carbocycles. The zero-order valence-electron chi connectivity index (χ0n) is 12.7. The summed E-state index contributed by atoms with van der Waals surface area (Å²) >= 11 is 5.89. The Kier molecular flexibility index (Phi) is 4.44. The minimum atomic E-state index is -0.558. The van der Waals surface area contributed by atoms with Gasteiger partial charge in [-0.25, -0.2) is 4.98 Å². The molecule has 0 fully saturated rings. The Morgan fingerprint density at radius 2 is 2.08 bits per heavy atom. The summed E-state index contributed by atoms with van der Waals surface area (Å²) in [6.07, 6.45) is 1.27. The second kappa shape index (κ2) is 6.70. The van der Waals surface area contributed by atoms with Crippen LogP contribution >= 0.6 is 11.6 Å². The number of nitrogens with one attached hydrogen (secondary N) is 1. The molecule has 8 nitrogen and oxygen atoms in total. The van der Waals surface area contributed by atoms with Crippen LogP contribution in [0.5, 0.6) is 0 Å². The van der Waals surface area contributed by atoms with Crippen molar-refractivity contribution in [1.29, 1.82) is 0 Å². The highest BCUT2D eigenvalue weighted by molar-refractivity contribution is 6.31. The van der Waals surface area contributed by atoms with Gasteiger partial charge in [0.05, 0.1) is 22.2 Å². The summed E-state index contributed by atoms with van der Waals surface area (Å²) < 4.78 is 1.14. The number of aromatic nitrogens is 2. The molecular formula is C16H11ClN4O4. The highest BCUT2D eigenvalue weighted by Gasteiger charge is 2.11. The summed E-state index contributed by atoms with van der Waals surface area (Å²) in [5.74, 6) is -0.509. The van der Waals surface area contributed by atoms with E-state index in [0.29, 0.717) is 15.9 Å². The van der Waals surface area contributed by atoms with Crippen LogP contribution in [0.1, 0.15) is 0 Å². The number of nitro benzene ring substituents is 1. The smallest absolute Gasteiger partial charge is 0.271 e. The molecule has 0 aliphatic carbocycles. The lowest BCUT2D eigenvalue weighted by molar-refractivity contribution is -0.384. The number of hydrogen-bond donors (Lipinski definition) is 1. The fraction of sp³-hybridized carbons (Fsp3) is 0.0625. The van der Waals surface area contributed by atoms with Gasteiger partial charge in [-0.05, 0) is 24.3 Å². The number of benzene rings is 2. The molecule has 0 atom stereocenters. The van der Waals surface area contributed by atoms with Crippen molar-refractivity contribution < 1.29 is 9.72 Å². The standard InChI is InChI=1S/C16H11ClN4O4/c17-10-4-5-14-13(6-10)16(23)20(9-18-14)8-15(22)19-11-2-1-3-12(7-11)21(24)25/h1-7,9H,8H2,(H,19,22). The molecule has 1 heterocycles. The van der Waals surface area contributed by atoms with E-state index in [1.807, 2.05) is 0 Å². The predicted molar refractivity (Wildman–Crippen MR) is 92.7 cm³/mol. The second-order valence-electron chi connectivity index (χ2n) is 5.19. The van der Waals surface area contributed by atoms with Gasteiger partial charge in [0.25, 0.3) is 11.2 Å². The number of nitro groups is 1. The average molecular weight is 359 g/mol. The van der Waals surface area contributed by atoms with Gasteiger partial charge in [0.1, 0.15) is 6.54 Å². The van der Waals surface area contributed by atoms with Crippen LogP contribution in [-0.2, 0) is 11.3 Å². The maximum Gasteiger partial charge on any atom is 0.271 e. The number of halogens is 1. The minimum absolute atomic E-state index is 0.142. The van der Waals surface area contributed by atoms with Gasteiger partial charge in [0.2, 0.25) is 5.91 Å². The Bertz CT molecular complexity index is 1050. The van der Waals surface area contributed by atoms with E-state index < -0.39 is 16.4 Å². The fourth-order valence-corrected chi connectivity index (χ4v) is 2.47. The number of hydrogen-bond acceptors (Lipinski definition) is 5. The molecule has 0 saturated heterocycles. The summed E-state index contributed by atoms with van der Waals surface area (Å²) in [5.41, 5.74) is 0.201. The minimum Gasteiger partial charge on any atom is -0.324 e. The topological polar surface area (TPSA) is 107 Å². The van der Waals surface area contributed by atoms with E-state index in [1.54, 1.807) is 12.1 Å². The summed E-state index contributed by atoms with van der Waals surface area (Å²) in [6, 6.07) is 10.3. The molecule has 0 aliphatic rings. The van der Waals surface area contributed by atoms with E-state index in [1.165, 1.54) is 36.7 Å². The number of non-ortho nitro benzene ring substituents is 1. The molecular weight excluding hydrogens is 348 g/mol. The average Bonchev–Trinajstić information content (AvgIpc) is 2.58. The van der Waals surface area contributed by atoms with E-state index in [9.17, 15) is 19.7 Å². The molecule has 126 valence electrons. The van der Waals surface area contributed by atoms with Crippen molar-refractivity contribution in [2.24, 2.45) is 0 Å². The third-order valence-electron chi connectivity index (χ3n) is 3.44. The van der Waals surface area contributed by atoms with Crippen LogP contribution < -0.4 is 10.9 Å². The first-order chi connectivity index (χ1) is 11.9. The quantitative estimate of drug-likeness (QED) is 0.569. The third kappa shape index (κ3) is 3.64. The number of anilines is 1. The lowest BCUT2D eigenvalue weighted by atomic mass is 10.2. The number of fused-ring (bicyclic) bond motifs is 1. The van der Waals surface area contributed by atoms with Gasteiger partial charge in [-0.3, -0.25) is 24.3 Å². The van der Waals surface area contributed by atoms with Crippen molar-refractivity contribution >= 4 is 39.8 Å². The second-order valence-corrected chi connectivity index (χ2v) is 5.63. The SMILES string of the molecule is O=C(Cn1cnc2ccc(Cl)cc2c1=O)Nc1cccc([N+](=O)[O-])c1. The first kappa shape index (κ1) is 16.6. The first-order valence-electron chi connectivity index (χ1n) is 7.13. The van der Waals surface area contributed by atoms with Crippen LogP contribution in [0, 0.1) is 10.1 Å². The van der Waals surface area contributed by atoms with E-state index in [2.05, 4.69) is 10.3 Å². The summed E-state index contributed by atoms with van der Waals surface area (Å²) in [5, 5.41) is 14.0. The predicted octanol–water partition coefficient (Wildman–Crippen LogP) is 2.60. The molecule has 0 spiro atoms. The van der Waals surface area contributed by atoms with Crippen molar-refractivity contribution in [3.05, 3.63) is 74.3 Å². The molecule has 1 amide bonds. The zero-order valence-corrected chi connectivity index (χ0v) is 13.4. The Morgan fingerprint density at radius 3 is 2.84 bits per heavy atom. The lowest BCUT2D eigenvalue weighted by Crippen LogP contribution is -2.27. The van der Waals surface area contributed by atoms with E-state index in [4.69, 9.17) is 11.6 Å². The van der Waals surface area contributed by atoms with Crippen LogP contribution in [-0.4, -0.2) is 20.4 Å². The summed E-state index contributed by atoms with van der Waals surface area (Å²) in [7, 11) is 0. The van der Waals surface area contributed by atoms with Crippen molar-refractivity contribution in [1.82, 2.24) is 9.55 Å². The lowest BCUT2D eigenvalue weighted by Gasteiger charge is -2.08. The van der Waals surface area contributed by atoms with Gasteiger partial charge in [0.15, 0.2) is 0 Å². The molecule has 25 heavy (non-hydrogen) atoms. The highest BCUT2D eigenvalue weighted by atomic mass is 35.5. The van der Waals surface area contributed by atoms with Crippen molar-refractivity contribution in [3.63, 3.8) is 0 Å². The Balaban J connectivity index is 1.83. The molecule has 0 unspecified atom stereocenters. The van der Waals surface area contributed by atoms with Crippen molar-refractivity contribution in [3.8, 4) is 0 Å². The fourth-order valence-electron chi connectivity index (χ4n) is 2.30. The maximum absolute atomic E-state index is 12.4. The number of nitrogens with zero attached hydrogens (tertiary/aromatic N) is 3. The van der Waals surface area contributed by atoms with E-state index in [-0.39, 0.29) is 17.9 Å². The number of carbonyl (C=O) groups excluding carboxylic acids is 1. The van der Waals surface area contributed by atoms with Crippen LogP contribution in [0.3, 0.4) is 0 Å². The summed E-state index contributed by atoms with van der Waals surface area (Å²) in [4.78, 5) is 38.8. The van der Waals surface area contributed by atoms with Gasteiger partial charge in [-0.1, -0.05) is 17.7 Å². The first-order valence-corrected chi connectivity index (χ1v) is 7.51. The molecule has 1 aromatic heterocycles. The molecule has 3 aromatic rings. The molecule has 2 aromatic carbocycles. The normalized spacial score (nSPS) is 10.6. The van der Waals surface area contributed by atoms with E-state index in [0.717, 1.165) is 4.57 Å². The van der Waals surface area contributed by atoms with Crippen LogP contribution in [0.4, 0.5) is 11.4 Å². The van der Waals surface area contributed by atoms with Crippen LogP contribution in [0.25, 0.3) is 10.9 Å². The van der Waals surface area contributed by atoms with Crippen LogP contribution in [0.2, 0.25) is 5.02 Å². The Hall–Kier alpha value is -3.26. The molecule has 0 bridgehead atoms. The zero-order chi connectivity index (χ0) is 18.0. The van der Waals surface area contributed by atoms with Crippen molar-refractivity contribution in [2.45, 2.75) is 6.54 Å². The van der Waals surface area contributed by atoms with Gasteiger partial charge < -0.3 is 5.32 Å². The molecule has 0 aliphatic heterocycles. The number of rotatable bonds is 4. The molecule has 1 N–H and O–H groups in total. The molecule has 0 radical (unpaired) electrons. The molecule has 9 heteroatoms. The van der Waals surface area contributed by atoms with Gasteiger partial charge in [0, 0.05) is 22.8 Å². The molecule has 3 rings (SSSR count). The Morgan fingerprint density at radius 1 is 1.28 bits per heavy atom.